The van der Waals surface area contributed by atoms with E-state index in [0.717, 1.165) is 10.6 Å². The van der Waals surface area contributed by atoms with Gasteiger partial charge in [0.15, 0.2) is 0 Å². The molecule has 0 atom stereocenters. The van der Waals surface area contributed by atoms with Crippen LogP contribution in [0.4, 0.5) is 4.39 Å². The molecule has 1 fully saturated rings. The van der Waals surface area contributed by atoms with Crippen molar-refractivity contribution >= 4 is 38.4 Å². The summed E-state index contributed by atoms with van der Waals surface area (Å²) in [4.78, 5) is 30.9. The van der Waals surface area contributed by atoms with Crippen LogP contribution >= 0.6 is 11.6 Å². The van der Waals surface area contributed by atoms with E-state index in [9.17, 15) is 22.4 Å². The molecule has 1 amide bonds. The van der Waals surface area contributed by atoms with Crippen LogP contribution in [0.25, 0.3) is 10.9 Å². The Labute approximate surface area is 182 Å². The molecule has 0 radical (unpaired) electrons. The van der Waals surface area contributed by atoms with Crippen LogP contribution in [0.3, 0.4) is 0 Å². The highest BCUT2D eigenvalue weighted by molar-refractivity contribution is 7.89. The molecule has 0 N–H and O–H groups in total. The van der Waals surface area contributed by atoms with Crippen LogP contribution in [-0.2, 0) is 21.4 Å². The predicted molar refractivity (Wildman–Crippen MR) is 113 cm³/mol. The normalized spacial score (nSPS) is 15.4. The second-order valence-corrected chi connectivity index (χ2v) is 9.46. The van der Waals surface area contributed by atoms with E-state index in [1.807, 2.05) is 0 Å². The number of aromatic nitrogens is 2. The third-order valence-electron chi connectivity index (χ3n) is 5.12. The fourth-order valence-electron chi connectivity index (χ4n) is 3.44. The van der Waals surface area contributed by atoms with Crippen molar-refractivity contribution in [3.8, 4) is 0 Å². The van der Waals surface area contributed by atoms with Crippen LogP contribution in [0.1, 0.15) is 0 Å². The molecule has 162 valence electrons. The summed E-state index contributed by atoms with van der Waals surface area (Å²) in [5.74, 6) is -0.910. The molecule has 1 aromatic heterocycles. The standard InChI is InChI=1S/C20H18ClFN4O4S/c21-14-2-1-3-16(10-14)31(29,30)26-8-6-24(7-9-26)19(27)12-25-13-23-18-5-4-15(22)11-17(18)20(25)28/h1-5,10-11,13H,6-9,12H2. The van der Waals surface area contributed by atoms with Crippen molar-refractivity contribution in [2.45, 2.75) is 11.4 Å². The zero-order valence-electron chi connectivity index (χ0n) is 16.2. The summed E-state index contributed by atoms with van der Waals surface area (Å²) in [5, 5.41) is 0.414. The van der Waals surface area contributed by atoms with Gasteiger partial charge in [0.2, 0.25) is 15.9 Å². The largest absolute Gasteiger partial charge is 0.338 e. The van der Waals surface area contributed by atoms with E-state index in [1.54, 1.807) is 12.1 Å². The zero-order valence-corrected chi connectivity index (χ0v) is 17.8. The first kappa shape index (κ1) is 21.4. The van der Waals surface area contributed by atoms with Crippen LogP contribution in [0.15, 0.2) is 58.5 Å². The number of fused-ring (bicyclic) bond motifs is 1. The lowest BCUT2D eigenvalue weighted by atomic mass is 10.2. The van der Waals surface area contributed by atoms with Gasteiger partial charge in [-0.15, -0.1) is 0 Å². The van der Waals surface area contributed by atoms with Gasteiger partial charge in [0.25, 0.3) is 5.56 Å². The van der Waals surface area contributed by atoms with E-state index in [1.165, 1.54) is 39.8 Å². The number of piperazine rings is 1. The van der Waals surface area contributed by atoms with Gasteiger partial charge in [-0.2, -0.15) is 4.31 Å². The molecule has 2 heterocycles. The topological polar surface area (TPSA) is 92.6 Å². The van der Waals surface area contributed by atoms with E-state index >= 15 is 0 Å². The number of amides is 1. The molecule has 3 aromatic rings. The molecule has 8 nitrogen and oxygen atoms in total. The van der Waals surface area contributed by atoms with Gasteiger partial charge in [-0.05, 0) is 36.4 Å². The van der Waals surface area contributed by atoms with Crippen molar-refractivity contribution in [2.24, 2.45) is 0 Å². The molecule has 31 heavy (non-hydrogen) atoms. The highest BCUT2D eigenvalue weighted by Crippen LogP contribution is 2.21. The Morgan fingerprint density at radius 2 is 1.84 bits per heavy atom. The molecule has 0 aliphatic carbocycles. The van der Waals surface area contributed by atoms with Gasteiger partial charge in [-0.3, -0.25) is 14.2 Å². The number of halogens is 2. The van der Waals surface area contributed by atoms with E-state index in [-0.39, 0.29) is 48.9 Å². The summed E-state index contributed by atoms with van der Waals surface area (Å²) < 4.78 is 41.5. The molecule has 1 saturated heterocycles. The number of nitrogens with zero attached hydrogens (tertiary/aromatic N) is 4. The Hall–Kier alpha value is -2.82. The molecule has 2 aromatic carbocycles. The van der Waals surface area contributed by atoms with E-state index in [2.05, 4.69) is 4.98 Å². The Morgan fingerprint density at radius 3 is 2.55 bits per heavy atom. The smallest absolute Gasteiger partial charge is 0.261 e. The van der Waals surface area contributed by atoms with Gasteiger partial charge in [0.05, 0.1) is 22.1 Å². The Bertz CT molecular complexity index is 1320. The summed E-state index contributed by atoms with van der Waals surface area (Å²) in [6.07, 6.45) is 1.25. The van der Waals surface area contributed by atoms with Gasteiger partial charge in [0, 0.05) is 31.2 Å². The third-order valence-corrected chi connectivity index (χ3v) is 7.25. The molecule has 0 spiro atoms. The van der Waals surface area contributed by atoms with Crippen molar-refractivity contribution in [1.29, 1.82) is 0 Å². The monoisotopic (exact) mass is 464 g/mol. The number of hydrogen-bond acceptors (Lipinski definition) is 5. The second-order valence-electron chi connectivity index (χ2n) is 7.08. The van der Waals surface area contributed by atoms with Crippen molar-refractivity contribution in [1.82, 2.24) is 18.8 Å². The number of carbonyl (C=O) groups excluding carboxylic acids is 1. The lowest BCUT2D eigenvalue weighted by molar-refractivity contribution is -0.133. The highest BCUT2D eigenvalue weighted by atomic mass is 35.5. The molecule has 1 aliphatic rings. The van der Waals surface area contributed by atoms with Gasteiger partial charge in [0.1, 0.15) is 12.4 Å². The molecule has 0 unspecified atom stereocenters. The Balaban J connectivity index is 1.45. The molecular formula is C20H18ClFN4O4S. The SMILES string of the molecule is O=C(Cn1cnc2ccc(F)cc2c1=O)N1CCN(S(=O)(=O)c2cccc(Cl)c2)CC1. The van der Waals surface area contributed by atoms with Crippen molar-refractivity contribution in [3.05, 3.63) is 70.0 Å². The maximum absolute atomic E-state index is 13.5. The molecular weight excluding hydrogens is 447 g/mol. The first-order chi connectivity index (χ1) is 14.8. The fraction of sp³-hybridized carbons (Fsp3) is 0.250. The first-order valence-corrected chi connectivity index (χ1v) is 11.3. The summed E-state index contributed by atoms with van der Waals surface area (Å²) >= 11 is 5.90. The van der Waals surface area contributed by atoms with Crippen molar-refractivity contribution in [2.75, 3.05) is 26.2 Å². The van der Waals surface area contributed by atoms with Crippen molar-refractivity contribution < 1.29 is 17.6 Å². The zero-order chi connectivity index (χ0) is 22.2. The summed E-state index contributed by atoms with van der Waals surface area (Å²) in [7, 11) is -3.72. The maximum Gasteiger partial charge on any atom is 0.261 e. The third kappa shape index (κ3) is 4.32. The maximum atomic E-state index is 13.5. The summed E-state index contributed by atoms with van der Waals surface area (Å²) in [5.41, 5.74) is -0.171. The van der Waals surface area contributed by atoms with Gasteiger partial charge >= 0.3 is 0 Å². The van der Waals surface area contributed by atoms with E-state index in [0.29, 0.717) is 10.5 Å². The highest BCUT2D eigenvalue weighted by Gasteiger charge is 2.30. The number of hydrogen-bond donors (Lipinski definition) is 0. The molecule has 4 rings (SSSR count). The minimum absolute atomic E-state index is 0.0905. The number of rotatable bonds is 4. The minimum atomic E-state index is -3.72. The van der Waals surface area contributed by atoms with Crippen LogP contribution < -0.4 is 5.56 Å². The van der Waals surface area contributed by atoms with E-state index in [4.69, 9.17) is 11.6 Å². The summed E-state index contributed by atoms with van der Waals surface area (Å²) in [6.45, 7) is 0.346. The average molecular weight is 465 g/mol. The van der Waals surface area contributed by atoms with Crippen LogP contribution in [0.5, 0.6) is 0 Å². The number of sulfonamides is 1. The second kappa shape index (κ2) is 8.37. The Kier molecular flexibility index (Phi) is 5.78. The lowest BCUT2D eigenvalue weighted by Gasteiger charge is -2.34. The first-order valence-electron chi connectivity index (χ1n) is 9.44. The van der Waals surface area contributed by atoms with Gasteiger partial charge < -0.3 is 4.90 Å². The number of benzene rings is 2. The molecule has 0 bridgehead atoms. The number of carbonyl (C=O) groups is 1. The summed E-state index contributed by atoms with van der Waals surface area (Å²) in [6, 6.07) is 9.71. The molecule has 11 heteroatoms. The van der Waals surface area contributed by atoms with Crippen LogP contribution in [-0.4, -0.2) is 59.3 Å². The molecule has 0 saturated carbocycles. The van der Waals surface area contributed by atoms with Crippen LogP contribution in [0, 0.1) is 5.82 Å². The minimum Gasteiger partial charge on any atom is -0.338 e. The predicted octanol–water partition coefficient (Wildman–Crippen LogP) is 1.72. The Morgan fingerprint density at radius 1 is 1.10 bits per heavy atom. The molecule has 1 aliphatic heterocycles. The van der Waals surface area contributed by atoms with E-state index < -0.39 is 21.4 Å². The van der Waals surface area contributed by atoms with Crippen LogP contribution in [0.2, 0.25) is 5.02 Å². The van der Waals surface area contributed by atoms with Gasteiger partial charge in [-0.25, -0.2) is 17.8 Å². The average Bonchev–Trinajstić information content (AvgIpc) is 2.76. The van der Waals surface area contributed by atoms with Crippen molar-refractivity contribution in [3.63, 3.8) is 0 Å². The fourth-order valence-corrected chi connectivity index (χ4v) is 5.17. The van der Waals surface area contributed by atoms with Gasteiger partial charge in [-0.1, -0.05) is 17.7 Å². The lowest BCUT2D eigenvalue weighted by Crippen LogP contribution is -2.51. The quantitative estimate of drug-likeness (QED) is 0.586.